The second-order valence-corrected chi connectivity index (χ2v) is 8.81. The second-order valence-electron chi connectivity index (χ2n) is 8.81. The molecule has 0 radical (unpaired) electrons. The van der Waals surface area contributed by atoms with Crippen molar-refractivity contribution in [2.75, 3.05) is 0 Å². The number of aryl methyl sites for hydroxylation is 1. The molecule has 0 spiro atoms. The molecule has 0 N–H and O–H groups in total. The Morgan fingerprint density at radius 1 is 0.917 bits per heavy atom. The van der Waals surface area contributed by atoms with Gasteiger partial charge in [-0.25, -0.2) is 14.3 Å². The third-order valence-corrected chi connectivity index (χ3v) is 6.36. The molecule has 0 fully saturated rings. The summed E-state index contributed by atoms with van der Waals surface area (Å²) >= 11 is 0. The number of hydrogen-bond donors (Lipinski definition) is 0. The Labute approximate surface area is 206 Å². The number of rotatable bonds is 8. The average Bonchev–Trinajstić information content (AvgIpc) is 2.90. The van der Waals surface area contributed by atoms with Gasteiger partial charge in [0.2, 0.25) is 0 Å². The van der Waals surface area contributed by atoms with Crippen LogP contribution in [0.15, 0.2) is 80.7 Å². The minimum absolute atomic E-state index is 0.0813. The number of aromatic nitrogens is 2. The normalized spacial score (nSPS) is 11.4. The van der Waals surface area contributed by atoms with Crippen LogP contribution in [0.1, 0.15) is 48.7 Å². The SMILES string of the molecule is CCCCCCn1nc(C(=O)OCc2cc(=O)oc3ccc4ccccc4c23)c2ccccc2c1=O. The summed E-state index contributed by atoms with van der Waals surface area (Å²) in [6.45, 7) is 2.41. The van der Waals surface area contributed by atoms with E-state index < -0.39 is 11.6 Å². The van der Waals surface area contributed by atoms with Crippen molar-refractivity contribution in [3.05, 3.63) is 98.8 Å². The van der Waals surface area contributed by atoms with Crippen LogP contribution in [0.2, 0.25) is 0 Å². The van der Waals surface area contributed by atoms with Crippen LogP contribution in [0.5, 0.6) is 0 Å². The molecule has 5 aromatic rings. The first-order valence-electron chi connectivity index (χ1n) is 12.2. The van der Waals surface area contributed by atoms with Crippen LogP contribution >= 0.6 is 0 Å². The summed E-state index contributed by atoms with van der Waals surface area (Å²) in [5, 5.41) is 7.86. The zero-order valence-electron chi connectivity index (χ0n) is 20.0. The van der Waals surface area contributed by atoms with Crippen LogP contribution in [0.25, 0.3) is 32.5 Å². The fourth-order valence-electron chi connectivity index (χ4n) is 4.57. The number of esters is 1. The van der Waals surface area contributed by atoms with Crippen molar-refractivity contribution in [1.82, 2.24) is 9.78 Å². The number of hydrogen-bond acceptors (Lipinski definition) is 6. The van der Waals surface area contributed by atoms with Crippen molar-refractivity contribution in [3.8, 4) is 0 Å². The van der Waals surface area contributed by atoms with Crippen molar-refractivity contribution in [2.24, 2.45) is 0 Å². The lowest BCUT2D eigenvalue weighted by atomic mass is 10.0. The monoisotopic (exact) mass is 482 g/mol. The van der Waals surface area contributed by atoms with E-state index in [1.807, 2.05) is 30.3 Å². The van der Waals surface area contributed by atoms with Crippen LogP contribution in [0, 0.1) is 0 Å². The molecule has 0 saturated heterocycles. The zero-order valence-corrected chi connectivity index (χ0v) is 20.0. The molecule has 182 valence electrons. The Kier molecular flexibility index (Phi) is 6.62. The summed E-state index contributed by atoms with van der Waals surface area (Å²) in [4.78, 5) is 38.4. The molecule has 0 bridgehead atoms. The largest absolute Gasteiger partial charge is 0.456 e. The van der Waals surface area contributed by atoms with Crippen LogP contribution in [-0.2, 0) is 17.9 Å². The topological polar surface area (TPSA) is 91.4 Å². The fraction of sp³-hybridized carbons (Fsp3) is 0.241. The quantitative estimate of drug-likeness (QED) is 0.124. The molecule has 0 saturated carbocycles. The molecule has 0 unspecified atom stereocenters. The molecule has 2 heterocycles. The van der Waals surface area contributed by atoms with Crippen LogP contribution in [-0.4, -0.2) is 15.7 Å². The van der Waals surface area contributed by atoms with Gasteiger partial charge in [0, 0.05) is 28.9 Å². The van der Waals surface area contributed by atoms with Crippen LogP contribution in [0.3, 0.4) is 0 Å². The Hall–Kier alpha value is -4.26. The smallest absolute Gasteiger partial charge is 0.359 e. The summed E-state index contributed by atoms with van der Waals surface area (Å²) in [5.74, 6) is -0.657. The van der Waals surface area contributed by atoms with Gasteiger partial charge >= 0.3 is 11.6 Å². The molecule has 0 aliphatic carbocycles. The van der Waals surface area contributed by atoms with Gasteiger partial charge in [0.25, 0.3) is 5.56 Å². The molecule has 0 atom stereocenters. The molecule has 3 aromatic carbocycles. The molecule has 2 aromatic heterocycles. The van der Waals surface area contributed by atoms with Gasteiger partial charge in [-0.15, -0.1) is 0 Å². The Morgan fingerprint density at radius 3 is 2.47 bits per heavy atom. The lowest BCUT2D eigenvalue weighted by molar-refractivity contribution is 0.0466. The van der Waals surface area contributed by atoms with E-state index in [0.717, 1.165) is 41.8 Å². The first kappa shape index (κ1) is 23.5. The third kappa shape index (κ3) is 4.52. The van der Waals surface area contributed by atoms with Crippen molar-refractivity contribution in [3.63, 3.8) is 0 Å². The minimum atomic E-state index is -0.657. The van der Waals surface area contributed by atoms with Gasteiger partial charge in [-0.1, -0.05) is 74.7 Å². The summed E-state index contributed by atoms with van der Waals surface area (Å²) in [5.41, 5.74) is 0.308. The highest BCUT2D eigenvalue weighted by atomic mass is 16.5. The lowest BCUT2D eigenvalue weighted by Gasteiger charge is -2.12. The van der Waals surface area contributed by atoms with E-state index in [1.165, 1.54) is 10.7 Å². The molecule has 5 rings (SSSR count). The number of benzene rings is 3. The number of unbranched alkanes of at least 4 members (excludes halogenated alkanes) is 3. The van der Waals surface area contributed by atoms with E-state index in [0.29, 0.717) is 28.5 Å². The van der Waals surface area contributed by atoms with Gasteiger partial charge in [-0.2, -0.15) is 5.10 Å². The number of nitrogens with zero attached hydrogens (tertiary/aromatic N) is 2. The number of carbonyl (C=O) groups is 1. The minimum Gasteiger partial charge on any atom is -0.456 e. The first-order chi connectivity index (χ1) is 17.6. The first-order valence-corrected chi connectivity index (χ1v) is 12.2. The number of fused-ring (bicyclic) bond motifs is 4. The Balaban J connectivity index is 1.50. The third-order valence-electron chi connectivity index (χ3n) is 6.36. The van der Waals surface area contributed by atoms with Gasteiger partial charge in [-0.3, -0.25) is 4.79 Å². The van der Waals surface area contributed by atoms with E-state index in [1.54, 1.807) is 30.3 Å². The van der Waals surface area contributed by atoms with Crippen molar-refractivity contribution >= 4 is 38.5 Å². The van der Waals surface area contributed by atoms with Crippen LogP contribution < -0.4 is 11.2 Å². The van der Waals surface area contributed by atoms with Gasteiger partial charge in [0.15, 0.2) is 5.69 Å². The van der Waals surface area contributed by atoms with Gasteiger partial charge in [0.1, 0.15) is 12.2 Å². The summed E-state index contributed by atoms with van der Waals surface area (Å²) in [6, 6.07) is 19.6. The van der Waals surface area contributed by atoms with E-state index >= 15 is 0 Å². The van der Waals surface area contributed by atoms with Crippen molar-refractivity contribution < 1.29 is 13.9 Å². The zero-order chi connectivity index (χ0) is 25.1. The summed E-state index contributed by atoms with van der Waals surface area (Å²) in [7, 11) is 0. The highest BCUT2D eigenvalue weighted by molar-refractivity contribution is 6.07. The molecule has 0 aliphatic heterocycles. The molecule has 7 nitrogen and oxygen atoms in total. The highest BCUT2D eigenvalue weighted by Gasteiger charge is 2.19. The summed E-state index contributed by atoms with van der Waals surface area (Å²) in [6.07, 6.45) is 3.94. The number of carbonyl (C=O) groups excluding carboxylic acids is 1. The fourth-order valence-corrected chi connectivity index (χ4v) is 4.57. The van der Waals surface area contributed by atoms with Crippen LogP contribution in [0.4, 0.5) is 0 Å². The van der Waals surface area contributed by atoms with Gasteiger partial charge in [-0.05, 0) is 29.3 Å². The van der Waals surface area contributed by atoms with Crippen molar-refractivity contribution in [1.29, 1.82) is 0 Å². The van der Waals surface area contributed by atoms with E-state index in [4.69, 9.17) is 9.15 Å². The molecular weight excluding hydrogens is 456 g/mol. The van der Waals surface area contributed by atoms with Gasteiger partial charge < -0.3 is 9.15 Å². The highest BCUT2D eigenvalue weighted by Crippen LogP contribution is 2.28. The Bertz CT molecular complexity index is 1700. The molecular formula is C29H26N2O5. The van der Waals surface area contributed by atoms with E-state index in [2.05, 4.69) is 12.0 Å². The van der Waals surface area contributed by atoms with Crippen molar-refractivity contribution in [2.45, 2.75) is 45.8 Å². The molecule has 0 aliphatic rings. The summed E-state index contributed by atoms with van der Waals surface area (Å²) < 4.78 is 12.4. The van der Waals surface area contributed by atoms with E-state index in [9.17, 15) is 14.4 Å². The maximum atomic E-state index is 13.3. The van der Waals surface area contributed by atoms with E-state index in [-0.39, 0.29) is 17.9 Å². The Morgan fingerprint density at radius 2 is 1.67 bits per heavy atom. The maximum absolute atomic E-state index is 13.3. The standard InChI is InChI=1S/C29H26N2O5/c1-2-3-4-9-16-31-28(33)23-13-8-7-12-22(23)27(30-31)29(34)35-18-20-17-25(32)36-24-15-14-19-10-5-6-11-21(19)26(20)24/h5-8,10-15,17H,2-4,9,16,18H2,1H3. The predicted molar refractivity (Wildman–Crippen MR) is 139 cm³/mol. The molecule has 7 heteroatoms. The van der Waals surface area contributed by atoms with Gasteiger partial charge in [0.05, 0.1) is 5.39 Å². The predicted octanol–water partition coefficient (Wildman–Crippen LogP) is 5.59. The molecule has 36 heavy (non-hydrogen) atoms. The molecule has 0 amide bonds. The maximum Gasteiger partial charge on any atom is 0.359 e. The average molecular weight is 483 g/mol. The number of ether oxygens (including phenoxy) is 1. The second kappa shape index (κ2) is 10.2. The lowest BCUT2D eigenvalue weighted by Crippen LogP contribution is -2.26.